The van der Waals surface area contributed by atoms with Gasteiger partial charge >= 0.3 is 0 Å². The molecular formula is C15H23N3OS. The average Bonchev–Trinajstić information content (AvgIpc) is 3.06. The molecule has 20 heavy (non-hydrogen) atoms. The lowest BCUT2D eigenvalue weighted by molar-refractivity contribution is 0.187. The number of hydrogen-bond donors (Lipinski definition) is 1. The van der Waals surface area contributed by atoms with E-state index in [1.807, 2.05) is 6.92 Å². The molecule has 0 amide bonds. The van der Waals surface area contributed by atoms with Crippen LogP contribution in [0.5, 0.6) is 0 Å². The molecular weight excluding hydrogens is 270 g/mol. The van der Waals surface area contributed by atoms with Crippen molar-refractivity contribution < 1.29 is 4.74 Å². The van der Waals surface area contributed by atoms with E-state index in [0.717, 1.165) is 31.0 Å². The quantitative estimate of drug-likeness (QED) is 0.803. The number of rotatable bonds is 8. The zero-order valence-electron chi connectivity index (χ0n) is 12.4. The highest BCUT2D eigenvalue weighted by molar-refractivity contribution is 7.10. The Morgan fingerprint density at radius 3 is 3.00 bits per heavy atom. The molecule has 2 aromatic heterocycles. The SMILES string of the molecule is CCCC(Nc1nc(C)cn1CCOC)c1cccs1. The van der Waals surface area contributed by atoms with Gasteiger partial charge in [0.15, 0.2) is 0 Å². The predicted molar refractivity (Wildman–Crippen MR) is 84.4 cm³/mol. The third-order valence-electron chi connectivity index (χ3n) is 3.20. The molecule has 1 N–H and O–H groups in total. The van der Waals surface area contributed by atoms with Gasteiger partial charge in [0.05, 0.1) is 18.3 Å². The fraction of sp³-hybridized carbons (Fsp3) is 0.533. The number of aryl methyl sites for hydroxylation is 1. The number of methoxy groups -OCH3 is 1. The molecule has 2 heterocycles. The van der Waals surface area contributed by atoms with Gasteiger partial charge in [0.25, 0.3) is 0 Å². The van der Waals surface area contributed by atoms with Crippen LogP contribution in [0.3, 0.4) is 0 Å². The number of anilines is 1. The molecule has 5 heteroatoms. The second-order valence-corrected chi connectivity index (χ2v) is 5.87. The molecule has 0 fully saturated rings. The predicted octanol–water partition coefficient (Wildman–Crippen LogP) is 3.85. The molecule has 2 aromatic rings. The van der Waals surface area contributed by atoms with Crippen molar-refractivity contribution >= 4 is 17.3 Å². The molecule has 1 atom stereocenters. The van der Waals surface area contributed by atoms with E-state index in [9.17, 15) is 0 Å². The first kappa shape index (κ1) is 15.1. The summed E-state index contributed by atoms with van der Waals surface area (Å²) in [6.45, 7) is 5.75. The van der Waals surface area contributed by atoms with Crippen molar-refractivity contribution in [3.8, 4) is 0 Å². The van der Waals surface area contributed by atoms with Crippen LogP contribution in [-0.2, 0) is 11.3 Å². The molecule has 0 bridgehead atoms. The molecule has 0 saturated carbocycles. The maximum atomic E-state index is 5.16. The molecule has 0 aliphatic carbocycles. The third kappa shape index (κ3) is 3.84. The molecule has 0 aromatic carbocycles. The minimum atomic E-state index is 0.336. The molecule has 4 nitrogen and oxygen atoms in total. The number of nitrogens with one attached hydrogen (secondary N) is 1. The molecule has 2 rings (SSSR count). The van der Waals surface area contributed by atoms with Crippen LogP contribution in [-0.4, -0.2) is 23.3 Å². The van der Waals surface area contributed by atoms with Crippen molar-refractivity contribution in [1.82, 2.24) is 9.55 Å². The van der Waals surface area contributed by atoms with Crippen molar-refractivity contribution in [2.45, 2.75) is 39.3 Å². The van der Waals surface area contributed by atoms with Crippen LogP contribution in [0.4, 0.5) is 5.95 Å². The van der Waals surface area contributed by atoms with E-state index in [0.29, 0.717) is 12.6 Å². The summed E-state index contributed by atoms with van der Waals surface area (Å²) in [5, 5.41) is 5.71. The summed E-state index contributed by atoms with van der Waals surface area (Å²) >= 11 is 1.80. The first-order valence-corrected chi connectivity index (χ1v) is 7.95. The fourth-order valence-corrected chi connectivity index (χ4v) is 3.05. The van der Waals surface area contributed by atoms with Crippen LogP contribution in [0.2, 0.25) is 0 Å². The topological polar surface area (TPSA) is 39.1 Å². The first-order valence-electron chi connectivity index (χ1n) is 7.07. The van der Waals surface area contributed by atoms with Crippen molar-refractivity contribution in [3.05, 3.63) is 34.3 Å². The van der Waals surface area contributed by atoms with Gasteiger partial charge in [-0.15, -0.1) is 11.3 Å². The molecule has 1 unspecified atom stereocenters. The van der Waals surface area contributed by atoms with E-state index < -0.39 is 0 Å². The van der Waals surface area contributed by atoms with Crippen molar-refractivity contribution in [1.29, 1.82) is 0 Å². The highest BCUT2D eigenvalue weighted by Crippen LogP contribution is 2.27. The summed E-state index contributed by atoms with van der Waals surface area (Å²) in [4.78, 5) is 5.96. The van der Waals surface area contributed by atoms with Crippen LogP contribution >= 0.6 is 11.3 Å². The maximum Gasteiger partial charge on any atom is 0.203 e. The summed E-state index contributed by atoms with van der Waals surface area (Å²) in [6.07, 6.45) is 4.32. The van der Waals surface area contributed by atoms with Gasteiger partial charge in [-0.2, -0.15) is 0 Å². The molecule has 0 aliphatic rings. The molecule has 0 radical (unpaired) electrons. The van der Waals surface area contributed by atoms with Crippen LogP contribution < -0.4 is 5.32 Å². The highest BCUT2D eigenvalue weighted by atomic mass is 32.1. The van der Waals surface area contributed by atoms with Gasteiger partial charge in [-0.3, -0.25) is 0 Å². The van der Waals surface area contributed by atoms with Gasteiger partial charge in [-0.1, -0.05) is 19.4 Å². The van der Waals surface area contributed by atoms with Crippen molar-refractivity contribution in [2.75, 3.05) is 19.0 Å². The zero-order valence-corrected chi connectivity index (χ0v) is 13.2. The summed E-state index contributed by atoms with van der Waals surface area (Å²) in [5.41, 5.74) is 1.03. The zero-order chi connectivity index (χ0) is 14.4. The lowest BCUT2D eigenvalue weighted by atomic mass is 10.1. The minimum Gasteiger partial charge on any atom is -0.383 e. The summed E-state index contributed by atoms with van der Waals surface area (Å²) in [6, 6.07) is 4.63. The van der Waals surface area contributed by atoms with Crippen LogP contribution in [0, 0.1) is 6.92 Å². The van der Waals surface area contributed by atoms with Crippen LogP contribution in [0.25, 0.3) is 0 Å². The number of hydrogen-bond acceptors (Lipinski definition) is 4. The number of aromatic nitrogens is 2. The van der Waals surface area contributed by atoms with E-state index >= 15 is 0 Å². The van der Waals surface area contributed by atoms with E-state index in [2.05, 4.69) is 45.5 Å². The number of ether oxygens (including phenoxy) is 1. The first-order chi connectivity index (χ1) is 9.74. The average molecular weight is 293 g/mol. The fourth-order valence-electron chi connectivity index (χ4n) is 2.24. The Bertz CT molecular complexity index is 507. The van der Waals surface area contributed by atoms with Gasteiger partial charge in [0.2, 0.25) is 5.95 Å². The Morgan fingerprint density at radius 2 is 2.35 bits per heavy atom. The van der Waals surface area contributed by atoms with E-state index in [-0.39, 0.29) is 0 Å². The second kappa shape index (κ2) is 7.45. The summed E-state index contributed by atoms with van der Waals surface area (Å²) in [5.74, 6) is 0.936. The van der Waals surface area contributed by atoms with Crippen LogP contribution in [0.15, 0.2) is 23.7 Å². The summed E-state index contributed by atoms with van der Waals surface area (Å²) < 4.78 is 7.29. The number of imidazole rings is 1. The van der Waals surface area contributed by atoms with Crippen LogP contribution in [0.1, 0.15) is 36.4 Å². The standard InChI is InChI=1S/C15H23N3OS/c1-4-6-13(14-7-5-10-20-14)17-15-16-12(2)11-18(15)8-9-19-3/h5,7,10-11,13H,4,6,8-9H2,1-3H3,(H,16,17). The highest BCUT2D eigenvalue weighted by Gasteiger charge is 2.15. The largest absolute Gasteiger partial charge is 0.383 e. The molecule has 0 spiro atoms. The number of nitrogens with zero attached hydrogens (tertiary/aromatic N) is 2. The molecule has 110 valence electrons. The van der Waals surface area contributed by atoms with Crippen molar-refractivity contribution in [3.63, 3.8) is 0 Å². The lowest BCUT2D eigenvalue weighted by Crippen LogP contribution is -2.14. The Morgan fingerprint density at radius 1 is 1.50 bits per heavy atom. The Hall–Kier alpha value is -1.33. The maximum absolute atomic E-state index is 5.16. The number of thiophene rings is 1. The van der Waals surface area contributed by atoms with Crippen molar-refractivity contribution in [2.24, 2.45) is 0 Å². The Kier molecular flexibility index (Phi) is 5.61. The lowest BCUT2D eigenvalue weighted by Gasteiger charge is -2.18. The molecule has 0 aliphatic heterocycles. The minimum absolute atomic E-state index is 0.336. The monoisotopic (exact) mass is 293 g/mol. The van der Waals surface area contributed by atoms with Gasteiger partial charge in [-0.05, 0) is 24.8 Å². The molecule has 0 saturated heterocycles. The summed E-state index contributed by atoms with van der Waals surface area (Å²) in [7, 11) is 1.72. The van der Waals surface area contributed by atoms with Gasteiger partial charge in [0, 0.05) is 24.7 Å². The van der Waals surface area contributed by atoms with Gasteiger partial charge < -0.3 is 14.6 Å². The van der Waals surface area contributed by atoms with E-state index in [1.165, 1.54) is 4.88 Å². The van der Waals surface area contributed by atoms with Gasteiger partial charge in [0.1, 0.15) is 0 Å². The van der Waals surface area contributed by atoms with Gasteiger partial charge in [-0.25, -0.2) is 4.98 Å². The van der Waals surface area contributed by atoms with E-state index in [4.69, 9.17) is 4.74 Å². The Balaban J connectivity index is 2.13. The van der Waals surface area contributed by atoms with E-state index in [1.54, 1.807) is 18.4 Å². The Labute approximate surface area is 124 Å². The normalized spacial score (nSPS) is 12.6. The third-order valence-corrected chi connectivity index (χ3v) is 4.19. The smallest absolute Gasteiger partial charge is 0.203 e. The second-order valence-electron chi connectivity index (χ2n) is 4.89.